The van der Waals surface area contributed by atoms with Crippen molar-refractivity contribution in [3.05, 3.63) is 39.9 Å². The Balaban J connectivity index is 0.000000459. The van der Waals surface area contributed by atoms with Crippen LogP contribution in [0.1, 0.15) is 10.8 Å². The van der Waals surface area contributed by atoms with Crippen LogP contribution in [0.5, 0.6) is 0 Å². The van der Waals surface area contributed by atoms with Gasteiger partial charge in [0.1, 0.15) is 0 Å². The van der Waals surface area contributed by atoms with Crippen LogP contribution in [0.25, 0.3) is 0 Å². The number of non-ortho nitro benzene ring substituents is 1. The zero-order valence-corrected chi connectivity index (χ0v) is 12.1. The average Bonchev–Trinajstić information content (AvgIpc) is 2.38. The van der Waals surface area contributed by atoms with Crippen LogP contribution >= 0.6 is 12.6 Å². The van der Waals surface area contributed by atoms with Gasteiger partial charge in [-0.3, -0.25) is 10.1 Å². The highest BCUT2D eigenvalue weighted by atomic mass is 32.1. The number of aliphatic hydroxyl groups excluding tert-OH is 1. The van der Waals surface area contributed by atoms with Crippen LogP contribution < -0.4 is 5.73 Å². The highest BCUT2D eigenvalue weighted by Gasteiger charge is 2.10. The van der Waals surface area contributed by atoms with Crippen molar-refractivity contribution in [1.82, 2.24) is 4.90 Å². The Labute approximate surface area is 118 Å². The lowest BCUT2D eigenvalue weighted by Crippen LogP contribution is -2.20. The molecule has 7 heteroatoms. The van der Waals surface area contributed by atoms with Crippen molar-refractivity contribution in [3.8, 4) is 0 Å². The van der Waals surface area contributed by atoms with Gasteiger partial charge in [-0.05, 0) is 19.7 Å². The van der Waals surface area contributed by atoms with Crippen LogP contribution in [0.15, 0.2) is 24.3 Å². The number of hydrogen-bond acceptors (Lipinski definition) is 6. The molecule has 6 nitrogen and oxygen atoms in total. The number of benzene rings is 1. The lowest BCUT2D eigenvalue weighted by atomic mass is 10.1. The molecule has 1 rings (SSSR count). The maximum Gasteiger partial charge on any atom is 0.269 e. The molecule has 0 amide bonds. The highest BCUT2D eigenvalue weighted by molar-refractivity contribution is 7.80. The maximum atomic E-state index is 10.4. The minimum absolute atomic E-state index is 0.0185. The third-order valence-corrected chi connectivity index (χ3v) is 2.68. The molecule has 0 aliphatic rings. The van der Waals surface area contributed by atoms with Crippen LogP contribution in [-0.2, 0) is 0 Å². The Morgan fingerprint density at radius 2 is 2.16 bits per heavy atom. The Hall–Kier alpha value is -1.15. The number of nitro benzene ring substituents is 1. The highest BCUT2D eigenvalue weighted by Crippen LogP contribution is 2.22. The predicted octanol–water partition coefficient (Wildman–Crippen LogP) is 1.06. The summed E-state index contributed by atoms with van der Waals surface area (Å²) in [5.41, 5.74) is 5.86. The summed E-state index contributed by atoms with van der Waals surface area (Å²) < 4.78 is 0. The van der Waals surface area contributed by atoms with E-state index in [1.54, 1.807) is 12.1 Å². The zero-order valence-electron chi connectivity index (χ0n) is 11.2. The second kappa shape index (κ2) is 9.74. The zero-order chi connectivity index (χ0) is 14.8. The van der Waals surface area contributed by atoms with E-state index < -0.39 is 4.92 Å². The van der Waals surface area contributed by atoms with Gasteiger partial charge in [0.05, 0.1) is 16.8 Å². The van der Waals surface area contributed by atoms with Gasteiger partial charge in [0.25, 0.3) is 5.69 Å². The molecular formula is C12H21N3O3S. The molecule has 1 unspecified atom stereocenters. The molecule has 1 aromatic carbocycles. The molecule has 1 aromatic rings. The summed E-state index contributed by atoms with van der Waals surface area (Å²) >= 11 is 4.06. The largest absolute Gasteiger partial charge is 0.395 e. The van der Waals surface area contributed by atoms with Gasteiger partial charge >= 0.3 is 0 Å². The van der Waals surface area contributed by atoms with E-state index in [4.69, 9.17) is 10.8 Å². The summed E-state index contributed by atoms with van der Waals surface area (Å²) in [5, 5.41) is 18.8. The van der Waals surface area contributed by atoms with Crippen LogP contribution in [-0.4, -0.2) is 48.7 Å². The monoisotopic (exact) mass is 287 g/mol. The minimum Gasteiger partial charge on any atom is -0.395 e. The van der Waals surface area contributed by atoms with Crippen LogP contribution in [0.2, 0.25) is 0 Å². The number of nitro groups is 1. The number of rotatable bonds is 5. The van der Waals surface area contributed by atoms with E-state index in [0.717, 1.165) is 13.1 Å². The topological polar surface area (TPSA) is 92.6 Å². The fraction of sp³-hybridized carbons (Fsp3) is 0.500. The summed E-state index contributed by atoms with van der Waals surface area (Å²) in [6.07, 6.45) is 0. The van der Waals surface area contributed by atoms with Gasteiger partial charge in [0.15, 0.2) is 0 Å². The van der Waals surface area contributed by atoms with E-state index in [0.29, 0.717) is 5.56 Å². The number of nitrogens with two attached hydrogens (primary N) is 1. The normalized spacial score (nSPS) is 11.7. The van der Waals surface area contributed by atoms with Crippen molar-refractivity contribution < 1.29 is 10.0 Å². The molecule has 0 heterocycles. The first-order chi connectivity index (χ1) is 8.92. The molecule has 0 bridgehead atoms. The van der Waals surface area contributed by atoms with Gasteiger partial charge in [-0.15, -0.1) is 0 Å². The Kier molecular flexibility index (Phi) is 9.15. The molecule has 3 N–H and O–H groups in total. The molecule has 0 fully saturated rings. The lowest BCUT2D eigenvalue weighted by molar-refractivity contribution is -0.384. The van der Waals surface area contributed by atoms with Gasteiger partial charge < -0.3 is 15.7 Å². The third kappa shape index (κ3) is 7.78. The second-order valence-corrected chi connectivity index (χ2v) is 4.77. The Bertz CT molecular complexity index is 388. The SMILES string of the molecule is CN(C)CCN.O=[N+]([O-])c1cccc(C(S)CO)c1. The molecule has 0 saturated carbocycles. The van der Waals surface area contributed by atoms with Crippen LogP contribution in [0, 0.1) is 10.1 Å². The third-order valence-electron chi connectivity index (χ3n) is 2.22. The van der Waals surface area contributed by atoms with Gasteiger partial charge in [-0.2, -0.15) is 12.6 Å². The van der Waals surface area contributed by atoms with Gasteiger partial charge in [-0.1, -0.05) is 12.1 Å². The fourth-order valence-electron chi connectivity index (χ4n) is 1.21. The number of hydrogen-bond donors (Lipinski definition) is 3. The second-order valence-electron chi connectivity index (χ2n) is 4.14. The van der Waals surface area contributed by atoms with E-state index in [2.05, 4.69) is 17.5 Å². The number of likely N-dealkylation sites (N-methyl/N-ethyl adjacent to an activating group) is 1. The van der Waals surface area contributed by atoms with E-state index in [1.807, 2.05) is 14.1 Å². The Morgan fingerprint density at radius 1 is 1.53 bits per heavy atom. The van der Waals surface area contributed by atoms with Crippen molar-refractivity contribution in [2.24, 2.45) is 5.73 Å². The first kappa shape index (κ1) is 17.8. The summed E-state index contributed by atoms with van der Waals surface area (Å²) in [5.74, 6) is 0. The first-order valence-corrected chi connectivity index (χ1v) is 6.32. The maximum absolute atomic E-state index is 10.4. The standard InChI is InChI=1S/C8H9NO3S.C4H12N2/c10-5-8(13)6-2-1-3-7(4-6)9(11)12;1-6(2)4-3-5/h1-4,8,10,13H,5H2;3-5H2,1-2H3. The summed E-state index contributed by atoms with van der Waals surface area (Å²) in [6, 6.07) is 6.09. The number of thiol groups is 1. The number of nitrogens with zero attached hydrogens (tertiary/aromatic N) is 2. The van der Waals surface area contributed by atoms with E-state index >= 15 is 0 Å². The smallest absolute Gasteiger partial charge is 0.269 e. The summed E-state index contributed by atoms with van der Waals surface area (Å²) in [7, 11) is 4.01. The molecule has 1 atom stereocenters. The molecule has 0 aliphatic carbocycles. The van der Waals surface area contributed by atoms with Gasteiger partial charge in [-0.25, -0.2) is 0 Å². The van der Waals surface area contributed by atoms with Crippen molar-refractivity contribution in [2.45, 2.75) is 5.25 Å². The fourth-order valence-corrected chi connectivity index (χ4v) is 1.37. The van der Waals surface area contributed by atoms with Crippen molar-refractivity contribution in [3.63, 3.8) is 0 Å². The molecule has 108 valence electrons. The van der Waals surface area contributed by atoms with Crippen LogP contribution in [0.4, 0.5) is 5.69 Å². The van der Waals surface area contributed by atoms with Crippen LogP contribution in [0.3, 0.4) is 0 Å². The molecule has 0 spiro atoms. The lowest BCUT2D eigenvalue weighted by Gasteiger charge is -2.05. The Morgan fingerprint density at radius 3 is 2.53 bits per heavy atom. The van der Waals surface area contributed by atoms with Crippen molar-refractivity contribution in [1.29, 1.82) is 0 Å². The van der Waals surface area contributed by atoms with E-state index in [1.165, 1.54) is 12.1 Å². The first-order valence-electron chi connectivity index (χ1n) is 5.80. The molecule has 0 radical (unpaired) electrons. The predicted molar refractivity (Wildman–Crippen MR) is 79.5 cm³/mol. The minimum atomic E-state index is -0.471. The summed E-state index contributed by atoms with van der Waals surface area (Å²) in [4.78, 5) is 12.0. The van der Waals surface area contributed by atoms with Gasteiger partial charge in [0, 0.05) is 25.2 Å². The van der Waals surface area contributed by atoms with E-state index in [-0.39, 0.29) is 17.5 Å². The quantitative estimate of drug-likeness (QED) is 0.428. The molecule has 0 saturated heterocycles. The molecule has 0 aromatic heterocycles. The molecular weight excluding hydrogens is 266 g/mol. The van der Waals surface area contributed by atoms with Crippen molar-refractivity contribution in [2.75, 3.05) is 33.8 Å². The molecule has 19 heavy (non-hydrogen) atoms. The number of aliphatic hydroxyl groups is 1. The van der Waals surface area contributed by atoms with Crippen molar-refractivity contribution >= 4 is 18.3 Å². The molecule has 0 aliphatic heterocycles. The summed E-state index contributed by atoms with van der Waals surface area (Å²) in [6.45, 7) is 1.61. The average molecular weight is 287 g/mol. The van der Waals surface area contributed by atoms with Gasteiger partial charge in [0.2, 0.25) is 0 Å². The van der Waals surface area contributed by atoms with E-state index in [9.17, 15) is 10.1 Å².